The van der Waals surface area contributed by atoms with Crippen molar-refractivity contribution in [3.05, 3.63) is 34.9 Å². The fraction of sp³-hybridized carbons (Fsp3) is 0.647. The third-order valence-corrected chi connectivity index (χ3v) is 4.21. The number of hydrogen-bond acceptors (Lipinski definition) is 2. The molecule has 0 spiro atoms. The molecule has 1 unspecified atom stereocenters. The van der Waals surface area contributed by atoms with E-state index in [4.69, 9.17) is 11.6 Å². The van der Waals surface area contributed by atoms with Crippen LogP contribution in [-0.4, -0.2) is 31.6 Å². The number of benzene rings is 1. The lowest BCUT2D eigenvalue weighted by Gasteiger charge is -2.26. The molecule has 0 aliphatic rings. The zero-order valence-electron chi connectivity index (χ0n) is 13.2. The lowest BCUT2D eigenvalue weighted by Crippen LogP contribution is -2.31. The zero-order chi connectivity index (χ0) is 14.8. The Labute approximate surface area is 129 Å². The predicted molar refractivity (Wildman–Crippen MR) is 89.5 cm³/mol. The Morgan fingerprint density at radius 2 is 1.90 bits per heavy atom. The molecular formula is C17H29ClN2. The van der Waals surface area contributed by atoms with Crippen LogP contribution in [0.25, 0.3) is 0 Å². The van der Waals surface area contributed by atoms with Crippen molar-refractivity contribution in [3.8, 4) is 0 Å². The summed E-state index contributed by atoms with van der Waals surface area (Å²) >= 11 is 6.25. The maximum Gasteiger partial charge on any atom is 0.0453 e. The number of halogens is 1. The quantitative estimate of drug-likeness (QED) is 0.639. The molecule has 0 saturated carbocycles. The second kappa shape index (κ2) is 10.2. The van der Waals surface area contributed by atoms with E-state index in [0.29, 0.717) is 6.04 Å². The van der Waals surface area contributed by atoms with Crippen LogP contribution in [0.2, 0.25) is 5.02 Å². The van der Waals surface area contributed by atoms with Crippen LogP contribution in [0.15, 0.2) is 24.3 Å². The number of hydrogen-bond donors (Lipinski definition) is 1. The van der Waals surface area contributed by atoms with Gasteiger partial charge in [0.05, 0.1) is 0 Å². The normalized spacial score (nSPS) is 12.8. The van der Waals surface area contributed by atoms with E-state index < -0.39 is 0 Å². The summed E-state index contributed by atoms with van der Waals surface area (Å²) in [6.45, 7) is 7.67. The maximum absolute atomic E-state index is 6.25. The predicted octanol–water partition coefficient (Wildman–Crippen LogP) is 4.50. The third-order valence-electron chi connectivity index (χ3n) is 3.86. The highest BCUT2D eigenvalue weighted by Gasteiger charge is 2.13. The molecule has 0 radical (unpaired) electrons. The van der Waals surface area contributed by atoms with Crippen LogP contribution in [0.5, 0.6) is 0 Å². The average Bonchev–Trinajstić information content (AvgIpc) is 2.46. The molecule has 0 heterocycles. The van der Waals surface area contributed by atoms with Gasteiger partial charge in [0.25, 0.3) is 0 Å². The first-order chi connectivity index (χ1) is 9.66. The molecule has 1 N–H and O–H groups in total. The van der Waals surface area contributed by atoms with E-state index in [1.165, 1.54) is 31.2 Å². The Kier molecular flexibility index (Phi) is 8.92. The van der Waals surface area contributed by atoms with E-state index in [1.54, 1.807) is 0 Å². The highest BCUT2D eigenvalue weighted by Crippen LogP contribution is 2.25. The van der Waals surface area contributed by atoms with E-state index in [0.717, 1.165) is 24.7 Å². The van der Waals surface area contributed by atoms with Gasteiger partial charge in [-0.15, -0.1) is 0 Å². The summed E-state index contributed by atoms with van der Waals surface area (Å²) < 4.78 is 0. The Morgan fingerprint density at radius 1 is 1.15 bits per heavy atom. The van der Waals surface area contributed by atoms with Gasteiger partial charge in [-0.25, -0.2) is 0 Å². The second-order valence-electron chi connectivity index (χ2n) is 5.49. The molecule has 1 rings (SSSR count). The molecule has 0 amide bonds. The van der Waals surface area contributed by atoms with E-state index in [-0.39, 0.29) is 0 Å². The number of nitrogens with one attached hydrogen (secondary N) is 1. The van der Waals surface area contributed by atoms with Gasteiger partial charge < -0.3 is 5.32 Å². The number of likely N-dealkylation sites (N-methyl/N-ethyl adjacent to an activating group) is 1. The molecular weight excluding hydrogens is 268 g/mol. The lowest BCUT2D eigenvalue weighted by atomic mass is 10.1. The Balaban J connectivity index is 2.22. The molecule has 0 aliphatic carbocycles. The average molecular weight is 297 g/mol. The minimum absolute atomic E-state index is 0.352. The number of unbranched alkanes of at least 4 members (excludes halogenated alkanes) is 3. The van der Waals surface area contributed by atoms with Gasteiger partial charge in [-0.1, -0.05) is 56.0 Å². The number of nitrogens with zero attached hydrogens (tertiary/aromatic N) is 1. The summed E-state index contributed by atoms with van der Waals surface area (Å²) in [5.41, 5.74) is 1.21. The molecule has 1 aromatic carbocycles. The van der Waals surface area contributed by atoms with Crippen molar-refractivity contribution < 1.29 is 0 Å². The highest BCUT2D eigenvalue weighted by molar-refractivity contribution is 6.31. The van der Waals surface area contributed by atoms with Gasteiger partial charge in [0, 0.05) is 24.2 Å². The van der Waals surface area contributed by atoms with Gasteiger partial charge in [0.15, 0.2) is 0 Å². The van der Waals surface area contributed by atoms with Gasteiger partial charge in [0.2, 0.25) is 0 Å². The summed E-state index contributed by atoms with van der Waals surface area (Å²) in [5.74, 6) is 0. The van der Waals surface area contributed by atoms with Crippen LogP contribution in [0, 0.1) is 0 Å². The summed E-state index contributed by atoms with van der Waals surface area (Å²) in [7, 11) is 2.16. The molecule has 114 valence electrons. The van der Waals surface area contributed by atoms with Crippen molar-refractivity contribution in [3.63, 3.8) is 0 Å². The van der Waals surface area contributed by atoms with Crippen molar-refractivity contribution in [2.24, 2.45) is 0 Å². The van der Waals surface area contributed by atoms with Crippen LogP contribution in [-0.2, 0) is 0 Å². The summed E-state index contributed by atoms with van der Waals surface area (Å²) in [4.78, 5) is 2.35. The Morgan fingerprint density at radius 3 is 2.60 bits per heavy atom. The fourth-order valence-electron chi connectivity index (χ4n) is 2.30. The summed E-state index contributed by atoms with van der Waals surface area (Å²) in [6.07, 6.45) is 5.29. The van der Waals surface area contributed by atoms with Gasteiger partial charge >= 0.3 is 0 Å². The maximum atomic E-state index is 6.25. The lowest BCUT2D eigenvalue weighted by molar-refractivity contribution is 0.261. The van der Waals surface area contributed by atoms with E-state index in [1.807, 2.05) is 12.1 Å². The number of rotatable bonds is 10. The monoisotopic (exact) mass is 296 g/mol. The Bertz CT molecular complexity index is 368. The summed E-state index contributed by atoms with van der Waals surface area (Å²) in [6, 6.07) is 8.47. The van der Waals surface area contributed by atoms with Gasteiger partial charge in [-0.05, 0) is 38.6 Å². The first kappa shape index (κ1) is 17.5. The van der Waals surface area contributed by atoms with E-state index in [9.17, 15) is 0 Å². The second-order valence-corrected chi connectivity index (χ2v) is 5.90. The molecule has 3 heteroatoms. The molecule has 0 fully saturated rings. The van der Waals surface area contributed by atoms with Crippen molar-refractivity contribution in [1.29, 1.82) is 0 Å². The van der Waals surface area contributed by atoms with Gasteiger partial charge in [-0.3, -0.25) is 4.90 Å². The van der Waals surface area contributed by atoms with Crippen LogP contribution in [0.1, 0.15) is 51.1 Å². The third kappa shape index (κ3) is 6.25. The van der Waals surface area contributed by atoms with Crippen LogP contribution in [0.3, 0.4) is 0 Å². The van der Waals surface area contributed by atoms with Crippen LogP contribution < -0.4 is 5.32 Å². The fourth-order valence-corrected chi connectivity index (χ4v) is 2.60. The first-order valence-electron chi connectivity index (χ1n) is 7.82. The van der Waals surface area contributed by atoms with Crippen molar-refractivity contribution in [1.82, 2.24) is 10.2 Å². The molecule has 0 saturated heterocycles. The smallest absolute Gasteiger partial charge is 0.0453 e. The zero-order valence-corrected chi connectivity index (χ0v) is 13.9. The van der Waals surface area contributed by atoms with Gasteiger partial charge in [0.1, 0.15) is 0 Å². The van der Waals surface area contributed by atoms with Crippen LogP contribution in [0.4, 0.5) is 0 Å². The molecule has 0 aliphatic heterocycles. The van der Waals surface area contributed by atoms with Gasteiger partial charge in [-0.2, -0.15) is 0 Å². The van der Waals surface area contributed by atoms with E-state index in [2.05, 4.69) is 43.2 Å². The van der Waals surface area contributed by atoms with Crippen molar-refractivity contribution >= 4 is 11.6 Å². The van der Waals surface area contributed by atoms with Crippen molar-refractivity contribution in [2.75, 3.05) is 26.7 Å². The van der Waals surface area contributed by atoms with Crippen LogP contribution >= 0.6 is 11.6 Å². The minimum Gasteiger partial charge on any atom is -0.315 e. The SMILES string of the molecule is CCCCCCNCCN(C)C(C)c1ccccc1Cl. The molecule has 1 aromatic rings. The van der Waals surface area contributed by atoms with Crippen molar-refractivity contribution in [2.45, 2.75) is 45.6 Å². The molecule has 20 heavy (non-hydrogen) atoms. The molecule has 2 nitrogen and oxygen atoms in total. The molecule has 0 bridgehead atoms. The van der Waals surface area contributed by atoms with E-state index >= 15 is 0 Å². The molecule has 1 atom stereocenters. The standard InChI is InChI=1S/C17H29ClN2/c1-4-5-6-9-12-19-13-14-20(3)15(2)16-10-7-8-11-17(16)18/h7-8,10-11,15,19H,4-6,9,12-14H2,1-3H3. The Hall–Kier alpha value is -0.570. The minimum atomic E-state index is 0.352. The topological polar surface area (TPSA) is 15.3 Å². The highest BCUT2D eigenvalue weighted by atomic mass is 35.5. The largest absolute Gasteiger partial charge is 0.315 e. The first-order valence-corrected chi connectivity index (χ1v) is 8.20. The summed E-state index contributed by atoms with van der Waals surface area (Å²) in [5, 5.41) is 4.38. The molecule has 0 aromatic heterocycles.